The van der Waals surface area contributed by atoms with Crippen LogP contribution < -0.4 is 0 Å². The maximum Gasteiger partial charge on any atom is 0.282 e. The number of aliphatic imine (C=N–C) groups is 1. The Balaban J connectivity index is 3.41. The van der Waals surface area contributed by atoms with Gasteiger partial charge in [0.2, 0.25) is 12.1 Å². The van der Waals surface area contributed by atoms with Gasteiger partial charge in [-0.25, -0.2) is 0 Å². The van der Waals surface area contributed by atoms with E-state index in [1.165, 1.54) is 31.5 Å². The molecule has 0 aromatic heterocycles. The van der Waals surface area contributed by atoms with Crippen LogP contribution in [0, 0.1) is 21.6 Å². The highest BCUT2D eigenvalue weighted by molar-refractivity contribution is 6.31. The average molecular weight is 240 g/mol. The Morgan fingerprint density at radius 2 is 2.38 bits per heavy atom. The third kappa shape index (κ3) is 2.46. The molecule has 0 aliphatic rings. The molecule has 0 saturated carbocycles. The van der Waals surface area contributed by atoms with Gasteiger partial charge >= 0.3 is 0 Å². The van der Waals surface area contributed by atoms with Crippen LogP contribution in [0.3, 0.4) is 0 Å². The van der Waals surface area contributed by atoms with Gasteiger partial charge in [-0.05, 0) is 12.1 Å². The van der Waals surface area contributed by atoms with Crippen molar-refractivity contribution in [1.82, 2.24) is 0 Å². The first kappa shape index (κ1) is 11.9. The van der Waals surface area contributed by atoms with Gasteiger partial charge in [0.05, 0.1) is 12.0 Å². The fourth-order valence-corrected chi connectivity index (χ4v) is 1.27. The van der Waals surface area contributed by atoms with Gasteiger partial charge in [-0.15, -0.1) is 4.99 Å². The molecule has 0 bridgehead atoms. The molecule has 0 spiro atoms. The highest BCUT2D eigenvalue weighted by Gasteiger charge is 2.19. The number of nitriles is 1. The van der Waals surface area contributed by atoms with Crippen molar-refractivity contribution in [1.29, 1.82) is 5.26 Å². The monoisotopic (exact) mass is 239 g/mol. The second-order valence-electron chi connectivity index (χ2n) is 2.64. The van der Waals surface area contributed by atoms with Gasteiger partial charge in [0, 0.05) is 11.1 Å². The standard InChI is InChI=1S/C9H6ClN3O3/c1-16-9(12-5-11)7-4-6(10)2-3-8(7)13(14)15/h2-4H,1H3. The first-order valence-corrected chi connectivity index (χ1v) is 4.43. The number of nitro groups is 1. The molecular weight excluding hydrogens is 234 g/mol. The topological polar surface area (TPSA) is 88.5 Å². The fourth-order valence-electron chi connectivity index (χ4n) is 1.10. The second-order valence-corrected chi connectivity index (χ2v) is 3.08. The number of hydrogen-bond acceptors (Lipinski definition) is 5. The lowest BCUT2D eigenvalue weighted by atomic mass is 10.2. The van der Waals surface area contributed by atoms with Crippen molar-refractivity contribution in [2.45, 2.75) is 0 Å². The van der Waals surface area contributed by atoms with E-state index >= 15 is 0 Å². The quantitative estimate of drug-likeness (QED) is 0.260. The SMILES string of the molecule is COC(=NC#N)c1cc(Cl)ccc1[N+](=O)[O-]. The van der Waals surface area contributed by atoms with Crippen molar-refractivity contribution in [2.24, 2.45) is 4.99 Å². The molecule has 0 radical (unpaired) electrons. The maximum absolute atomic E-state index is 10.7. The highest BCUT2D eigenvalue weighted by atomic mass is 35.5. The summed E-state index contributed by atoms with van der Waals surface area (Å²) < 4.78 is 4.79. The van der Waals surface area contributed by atoms with Crippen LogP contribution in [0.15, 0.2) is 23.2 Å². The molecule has 0 fully saturated rings. The van der Waals surface area contributed by atoms with E-state index in [0.717, 1.165) is 0 Å². The molecule has 1 aromatic rings. The minimum Gasteiger partial charge on any atom is -0.480 e. The summed E-state index contributed by atoms with van der Waals surface area (Å²) in [5.74, 6) is -0.142. The Kier molecular flexibility index (Phi) is 3.80. The van der Waals surface area contributed by atoms with Crippen molar-refractivity contribution in [3.05, 3.63) is 38.9 Å². The molecule has 0 aliphatic carbocycles. The molecule has 0 saturated heterocycles. The molecule has 0 amide bonds. The van der Waals surface area contributed by atoms with Crippen molar-refractivity contribution < 1.29 is 9.66 Å². The van der Waals surface area contributed by atoms with Crippen LogP contribution in [0.1, 0.15) is 5.56 Å². The van der Waals surface area contributed by atoms with Gasteiger partial charge in [-0.1, -0.05) is 11.6 Å². The zero-order valence-corrected chi connectivity index (χ0v) is 8.93. The van der Waals surface area contributed by atoms with Gasteiger partial charge in [-0.3, -0.25) is 10.1 Å². The van der Waals surface area contributed by atoms with Crippen LogP contribution >= 0.6 is 11.6 Å². The average Bonchev–Trinajstić information content (AvgIpc) is 2.25. The van der Waals surface area contributed by atoms with E-state index < -0.39 is 4.92 Å². The molecule has 16 heavy (non-hydrogen) atoms. The van der Waals surface area contributed by atoms with Crippen LogP contribution in [-0.2, 0) is 4.74 Å². The molecule has 0 aliphatic heterocycles. The van der Waals surface area contributed by atoms with Crippen LogP contribution in [-0.4, -0.2) is 17.9 Å². The van der Waals surface area contributed by atoms with Gasteiger partial charge < -0.3 is 4.74 Å². The molecule has 7 heteroatoms. The van der Waals surface area contributed by atoms with E-state index in [9.17, 15) is 10.1 Å². The number of nitro benzene ring substituents is 1. The summed E-state index contributed by atoms with van der Waals surface area (Å²) >= 11 is 5.71. The molecule has 1 aromatic carbocycles. The lowest BCUT2D eigenvalue weighted by Crippen LogP contribution is -2.07. The van der Waals surface area contributed by atoms with E-state index in [4.69, 9.17) is 21.6 Å². The molecule has 0 unspecified atom stereocenters. The van der Waals surface area contributed by atoms with E-state index in [1.807, 2.05) is 0 Å². The molecule has 6 nitrogen and oxygen atoms in total. The summed E-state index contributed by atoms with van der Waals surface area (Å²) in [5.41, 5.74) is -0.151. The molecule has 0 atom stereocenters. The highest BCUT2D eigenvalue weighted by Crippen LogP contribution is 2.23. The normalized spacial score (nSPS) is 10.7. The third-order valence-corrected chi connectivity index (χ3v) is 1.97. The first-order chi connectivity index (χ1) is 7.60. The fraction of sp³-hybridized carbons (Fsp3) is 0.111. The number of halogens is 1. The smallest absolute Gasteiger partial charge is 0.282 e. The Hall–Kier alpha value is -2.13. The molecule has 82 valence electrons. The zero-order chi connectivity index (χ0) is 12.1. The first-order valence-electron chi connectivity index (χ1n) is 4.05. The summed E-state index contributed by atoms with van der Waals surface area (Å²) in [6.45, 7) is 0. The number of benzene rings is 1. The second kappa shape index (κ2) is 5.09. The van der Waals surface area contributed by atoms with E-state index in [-0.39, 0.29) is 17.1 Å². The predicted octanol–water partition coefficient (Wildman–Crippen LogP) is 2.12. The van der Waals surface area contributed by atoms with Gasteiger partial charge in [0.1, 0.15) is 5.56 Å². The van der Waals surface area contributed by atoms with Gasteiger partial charge in [0.15, 0.2) is 0 Å². The predicted molar refractivity (Wildman–Crippen MR) is 57.3 cm³/mol. The molecular formula is C9H6ClN3O3. The van der Waals surface area contributed by atoms with Gasteiger partial charge in [-0.2, -0.15) is 5.26 Å². The van der Waals surface area contributed by atoms with Crippen molar-refractivity contribution in [2.75, 3.05) is 7.11 Å². The van der Waals surface area contributed by atoms with Crippen molar-refractivity contribution >= 4 is 23.2 Å². The van der Waals surface area contributed by atoms with E-state index in [1.54, 1.807) is 0 Å². The van der Waals surface area contributed by atoms with Crippen LogP contribution in [0.5, 0.6) is 0 Å². The molecule has 0 N–H and O–H groups in total. The number of nitrogens with zero attached hydrogens (tertiary/aromatic N) is 3. The minimum atomic E-state index is -0.600. The summed E-state index contributed by atoms with van der Waals surface area (Å²) in [6.07, 6.45) is 1.50. The van der Waals surface area contributed by atoms with Crippen LogP contribution in [0.2, 0.25) is 5.02 Å². The van der Waals surface area contributed by atoms with Crippen molar-refractivity contribution in [3.8, 4) is 6.19 Å². The summed E-state index contributed by atoms with van der Waals surface area (Å²) in [7, 11) is 1.26. The van der Waals surface area contributed by atoms with Gasteiger partial charge in [0.25, 0.3) is 5.69 Å². The Labute approximate surface area is 95.9 Å². The minimum absolute atomic E-state index is 0.0709. The number of ether oxygens (including phenoxy) is 1. The number of rotatable bonds is 2. The Morgan fingerprint density at radius 3 is 2.88 bits per heavy atom. The number of methoxy groups -OCH3 is 1. The van der Waals surface area contributed by atoms with E-state index in [2.05, 4.69) is 4.99 Å². The van der Waals surface area contributed by atoms with Crippen LogP contribution in [0.4, 0.5) is 5.69 Å². The maximum atomic E-state index is 10.7. The largest absolute Gasteiger partial charge is 0.480 e. The summed E-state index contributed by atoms with van der Waals surface area (Å²) in [5, 5.41) is 19.4. The molecule has 0 heterocycles. The Bertz CT molecular complexity index is 493. The lowest BCUT2D eigenvalue weighted by molar-refractivity contribution is -0.385. The van der Waals surface area contributed by atoms with E-state index in [0.29, 0.717) is 5.02 Å². The summed E-state index contributed by atoms with van der Waals surface area (Å²) in [4.78, 5) is 13.5. The van der Waals surface area contributed by atoms with Crippen molar-refractivity contribution in [3.63, 3.8) is 0 Å². The Morgan fingerprint density at radius 1 is 1.69 bits per heavy atom. The third-order valence-electron chi connectivity index (χ3n) is 1.73. The lowest BCUT2D eigenvalue weighted by Gasteiger charge is -2.04. The number of hydrogen-bond donors (Lipinski definition) is 0. The van der Waals surface area contributed by atoms with Crippen LogP contribution in [0.25, 0.3) is 0 Å². The zero-order valence-electron chi connectivity index (χ0n) is 8.18. The summed E-state index contributed by atoms with van der Waals surface area (Å²) in [6, 6.07) is 3.92. The molecule has 1 rings (SSSR count).